The summed E-state index contributed by atoms with van der Waals surface area (Å²) in [6.07, 6.45) is 7.43. The van der Waals surface area contributed by atoms with Gasteiger partial charge in [-0.3, -0.25) is 0 Å². The first-order valence-corrected chi connectivity index (χ1v) is 6.54. The van der Waals surface area contributed by atoms with E-state index < -0.39 is 0 Å². The topological polar surface area (TPSA) is 0 Å². The van der Waals surface area contributed by atoms with Crippen molar-refractivity contribution >= 4 is 0 Å². The SMILES string of the molecule is CCC(C)(C)C1CCC(C)CC2CC21. The van der Waals surface area contributed by atoms with Gasteiger partial charge in [0, 0.05) is 0 Å². The lowest BCUT2D eigenvalue weighted by Gasteiger charge is -2.34. The van der Waals surface area contributed by atoms with E-state index in [4.69, 9.17) is 0 Å². The molecule has 0 heterocycles. The van der Waals surface area contributed by atoms with Gasteiger partial charge in [-0.1, -0.05) is 40.5 Å². The van der Waals surface area contributed by atoms with E-state index in [9.17, 15) is 0 Å². The molecular formula is C14H26. The maximum atomic E-state index is 2.49. The van der Waals surface area contributed by atoms with Gasteiger partial charge in [0.2, 0.25) is 0 Å². The zero-order valence-corrected chi connectivity index (χ0v) is 10.3. The highest BCUT2D eigenvalue weighted by atomic mass is 14.5. The van der Waals surface area contributed by atoms with E-state index >= 15 is 0 Å². The Bertz CT molecular complexity index is 204. The van der Waals surface area contributed by atoms with E-state index in [1.54, 1.807) is 6.42 Å². The quantitative estimate of drug-likeness (QED) is 0.607. The summed E-state index contributed by atoms with van der Waals surface area (Å²) in [5.74, 6) is 4.25. The van der Waals surface area contributed by atoms with Crippen LogP contribution in [0.1, 0.15) is 59.8 Å². The highest BCUT2D eigenvalue weighted by Gasteiger charge is 2.49. The number of rotatable bonds is 2. The van der Waals surface area contributed by atoms with Crippen LogP contribution in [0.25, 0.3) is 0 Å². The minimum absolute atomic E-state index is 0.601. The van der Waals surface area contributed by atoms with Crippen LogP contribution in [0.5, 0.6) is 0 Å². The summed E-state index contributed by atoms with van der Waals surface area (Å²) < 4.78 is 0. The lowest BCUT2D eigenvalue weighted by atomic mass is 9.72. The molecule has 2 saturated carbocycles. The molecule has 0 N–H and O–H groups in total. The zero-order chi connectivity index (χ0) is 10.3. The number of hydrogen-bond acceptors (Lipinski definition) is 0. The monoisotopic (exact) mass is 194 g/mol. The largest absolute Gasteiger partial charge is 0.0649 e. The van der Waals surface area contributed by atoms with Gasteiger partial charge in [-0.05, 0) is 48.3 Å². The van der Waals surface area contributed by atoms with Crippen molar-refractivity contribution in [3.8, 4) is 0 Å². The molecule has 0 radical (unpaired) electrons. The highest BCUT2D eigenvalue weighted by Crippen LogP contribution is 2.58. The Balaban J connectivity index is 2.05. The summed E-state index contributed by atoms with van der Waals surface area (Å²) in [6.45, 7) is 9.80. The van der Waals surface area contributed by atoms with Gasteiger partial charge in [0.15, 0.2) is 0 Å². The Morgan fingerprint density at radius 1 is 1.14 bits per heavy atom. The van der Waals surface area contributed by atoms with Crippen molar-refractivity contribution in [1.82, 2.24) is 0 Å². The van der Waals surface area contributed by atoms with Crippen LogP contribution in [0.3, 0.4) is 0 Å². The summed E-state index contributed by atoms with van der Waals surface area (Å²) >= 11 is 0. The molecule has 2 rings (SSSR count). The summed E-state index contributed by atoms with van der Waals surface area (Å²) in [4.78, 5) is 0. The predicted molar refractivity (Wildman–Crippen MR) is 62.2 cm³/mol. The lowest BCUT2D eigenvalue weighted by Crippen LogP contribution is -2.25. The van der Waals surface area contributed by atoms with Crippen LogP contribution in [-0.4, -0.2) is 0 Å². The molecule has 4 unspecified atom stereocenters. The second-order valence-electron chi connectivity index (χ2n) is 6.53. The fourth-order valence-electron chi connectivity index (χ4n) is 3.58. The molecule has 0 aromatic rings. The standard InChI is InChI=1S/C14H26/c1-5-14(3,4)13-7-6-10(2)8-11-9-12(11)13/h10-13H,5-9H2,1-4H3. The van der Waals surface area contributed by atoms with Crippen molar-refractivity contribution in [1.29, 1.82) is 0 Å². The summed E-state index contributed by atoms with van der Waals surface area (Å²) in [7, 11) is 0. The molecule has 2 fully saturated rings. The van der Waals surface area contributed by atoms with Crippen molar-refractivity contribution in [3.05, 3.63) is 0 Å². The van der Waals surface area contributed by atoms with Crippen LogP contribution in [-0.2, 0) is 0 Å². The fourth-order valence-corrected chi connectivity index (χ4v) is 3.58. The summed E-state index contributed by atoms with van der Waals surface area (Å²) in [6, 6.07) is 0. The van der Waals surface area contributed by atoms with E-state index in [1.165, 1.54) is 25.7 Å². The average molecular weight is 194 g/mol. The summed E-state index contributed by atoms with van der Waals surface area (Å²) in [5.41, 5.74) is 0.601. The molecule has 0 amide bonds. The normalized spacial score (nSPS) is 42.9. The van der Waals surface area contributed by atoms with Gasteiger partial charge in [0.1, 0.15) is 0 Å². The van der Waals surface area contributed by atoms with E-state index in [0.717, 1.165) is 23.7 Å². The van der Waals surface area contributed by atoms with Crippen LogP contribution in [0.4, 0.5) is 0 Å². The number of hydrogen-bond donors (Lipinski definition) is 0. The fraction of sp³-hybridized carbons (Fsp3) is 1.00. The first-order chi connectivity index (χ1) is 6.54. The van der Waals surface area contributed by atoms with Crippen molar-refractivity contribution in [2.24, 2.45) is 29.1 Å². The van der Waals surface area contributed by atoms with Crippen LogP contribution >= 0.6 is 0 Å². The molecule has 2 aliphatic carbocycles. The second-order valence-corrected chi connectivity index (χ2v) is 6.53. The van der Waals surface area contributed by atoms with Crippen LogP contribution in [0.15, 0.2) is 0 Å². The number of fused-ring (bicyclic) bond motifs is 1. The lowest BCUT2D eigenvalue weighted by molar-refractivity contribution is 0.161. The molecule has 2 aliphatic rings. The van der Waals surface area contributed by atoms with Gasteiger partial charge in [-0.25, -0.2) is 0 Å². The Hall–Kier alpha value is 0. The van der Waals surface area contributed by atoms with E-state index in [1.807, 2.05) is 0 Å². The Kier molecular flexibility index (Phi) is 2.66. The molecule has 0 spiro atoms. The van der Waals surface area contributed by atoms with Crippen molar-refractivity contribution in [2.45, 2.75) is 59.8 Å². The zero-order valence-electron chi connectivity index (χ0n) is 10.3. The van der Waals surface area contributed by atoms with Crippen LogP contribution < -0.4 is 0 Å². The van der Waals surface area contributed by atoms with Crippen LogP contribution in [0, 0.1) is 29.1 Å². The molecule has 0 bridgehead atoms. The highest BCUT2D eigenvalue weighted by molar-refractivity contribution is 4.98. The van der Waals surface area contributed by atoms with Gasteiger partial charge < -0.3 is 0 Å². The van der Waals surface area contributed by atoms with Gasteiger partial charge in [0.05, 0.1) is 0 Å². The van der Waals surface area contributed by atoms with Gasteiger partial charge >= 0.3 is 0 Å². The molecule has 0 aliphatic heterocycles. The maximum Gasteiger partial charge on any atom is -0.0326 e. The van der Waals surface area contributed by atoms with E-state index in [2.05, 4.69) is 27.7 Å². The Morgan fingerprint density at radius 2 is 1.86 bits per heavy atom. The van der Waals surface area contributed by atoms with Crippen molar-refractivity contribution in [3.63, 3.8) is 0 Å². The molecular weight excluding hydrogens is 168 g/mol. The molecule has 4 atom stereocenters. The molecule has 0 nitrogen and oxygen atoms in total. The third-order valence-corrected chi connectivity index (χ3v) is 5.08. The van der Waals surface area contributed by atoms with Gasteiger partial charge in [0.25, 0.3) is 0 Å². The minimum Gasteiger partial charge on any atom is -0.0649 e. The smallest absolute Gasteiger partial charge is 0.0326 e. The van der Waals surface area contributed by atoms with Crippen molar-refractivity contribution < 1.29 is 0 Å². The molecule has 0 saturated heterocycles. The van der Waals surface area contributed by atoms with Crippen LogP contribution in [0.2, 0.25) is 0 Å². The third kappa shape index (κ3) is 1.85. The second kappa shape index (κ2) is 3.54. The van der Waals surface area contributed by atoms with E-state index in [0.29, 0.717) is 5.41 Å². The molecule has 0 aromatic heterocycles. The van der Waals surface area contributed by atoms with Gasteiger partial charge in [-0.2, -0.15) is 0 Å². The molecule has 0 heteroatoms. The molecule has 14 heavy (non-hydrogen) atoms. The first-order valence-electron chi connectivity index (χ1n) is 6.54. The van der Waals surface area contributed by atoms with Gasteiger partial charge in [-0.15, -0.1) is 0 Å². The van der Waals surface area contributed by atoms with E-state index in [-0.39, 0.29) is 0 Å². The molecule has 82 valence electrons. The minimum atomic E-state index is 0.601. The predicted octanol–water partition coefficient (Wildman–Crippen LogP) is 4.49. The Labute approximate surface area is 89.5 Å². The first kappa shape index (κ1) is 10.5. The third-order valence-electron chi connectivity index (χ3n) is 5.08. The van der Waals surface area contributed by atoms with Crippen molar-refractivity contribution in [2.75, 3.05) is 0 Å². The summed E-state index contributed by atoms with van der Waals surface area (Å²) in [5, 5.41) is 0. The Morgan fingerprint density at radius 3 is 2.50 bits per heavy atom. The molecule has 0 aromatic carbocycles. The maximum absolute atomic E-state index is 2.49. The average Bonchev–Trinajstić information content (AvgIpc) is 2.83.